The molecule has 7 heteroatoms. The molecule has 7 nitrogen and oxygen atoms in total. The Morgan fingerprint density at radius 2 is 1.93 bits per heavy atom. The third-order valence-electron chi connectivity index (χ3n) is 5.07. The van der Waals surface area contributed by atoms with Gasteiger partial charge in [-0.15, -0.1) is 0 Å². The highest BCUT2D eigenvalue weighted by Crippen LogP contribution is 2.41. The van der Waals surface area contributed by atoms with E-state index < -0.39 is 0 Å². The quantitative estimate of drug-likeness (QED) is 0.453. The number of anilines is 4. The zero-order valence-corrected chi connectivity index (χ0v) is 16.5. The summed E-state index contributed by atoms with van der Waals surface area (Å²) in [6, 6.07) is 16.3. The van der Waals surface area contributed by atoms with Gasteiger partial charge >= 0.3 is 6.01 Å². The van der Waals surface area contributed by atoms with Crippen LogP contribution in [-0.2, 0) is 6.42 Å². The molecule has 4 aromatic rings. The topological polar surface area (TPSA) is 99.7 Å². The van der Waals surface area contributed by atoms with E-state index in [-0.39, 0.29) is 0 Å². The van der Waals surface area contributed by atoms with Crippen molar-refractivity contribution >= 4 is 34.4 Å². The van der Waals surface area contributed by atoms with Crippen molar-refractivity contribution in [2.75, 3.05) is 10.6 Å². The van der Waals surface area contributed by atoms with Crippen molar-refractivity contribution in [2.45, 2.75) is 32.1 Å². The summed E-state index contributed by atoms with van der Waals surface area (Å²) in [5, 5.41) is 16.2. The lowest BCUT2D eigenvalue weighted by Crippen LogP contribution is -2.02. The first kappa shape index (κ1) is 18.1. The maximum Gasteiger partial charge on any atom is 0.300 e. The largest absolute Gasteiger partial charge is 0.428 e. The Morgan fingerprint density at radius 1 is 1.10 bits per heavy atom. The zero-order valence-electron chi connectivity index (χ0n) is 16.5. The Morgan fingerprint density at radius 3 is 2.70 bits per heavy atom. The van der Waals surface area contributed by atoms with Crippen LogP contribution in [-0.4, -0.2) is 15.0 Å². The summed E-state index contributed by atoms with van der Waals surface area (Å²) in [5.41, 5.74) is 3.76. The van der Waals surface area contributed by atoms with Crippen molar-refractivity contribution in [2.24, 2.45) is 0 Å². The number of hydrogen-bond donors (Lipinski definition) is 2. The number of nitrogens with one attached hydrogen (secondary N) is 2. The fourth-order valence-electron chi connectivity index (χ4n) is 3.32. The van der Waals surface area contributed by atoms with E-state index in [0.29, 0.717) is 30.1 Å². The van der Waals surface area contributed by atoms with Crippen LogP contribution in [0.25, 0.3) is 10.9 Å². The van der Waals surface area contributed by atoms with Gasteiger partial charge in [0.1, 0.15) is 11.6 Å². The molecule has 2 N–H and O–H groups in total. The number of aryl methyl sites for hydroxylation is 1. The number of rotatable bonds is 6. The highest BCUT2D eigenvalue weighted by atomic mass is 16.4. The Kier molecular flexibility index (Phi) is 4.52. The predicted octanol–water partition coefficient (Wildman–Crippen LogP) is 5.36. The summed E-state index contributed by atoms with van der Waals surface area (Å²) in [7, 11) is 0. The van der Waals surface area contributed by atoms with E-state index in [9.17, 15) is 0 Å². The van der Waals surface area contributed by atoms with Crippen molar-refractivity contribution in [3.05, 3.63) is 65.5 Å². The number of hydrogen-bond acceptors (Lipinski definition) is 7. The Labute approximate surface area is 173 Å². The molecule has 30 heavy (non-hydrogen) atoms. The summed E-state index contributed by atoms with van der Waals surface area (Å²) in [6.45, 7) is 2.03. The lowest BCUT2D eigenvalue weighted by molar-refractivity contribution is 0.523. The summed E-state index contributed by atoms with van der Waals surface area (Å²) in [4.78, 5) is 13.7. The van der Waals surface area contributed by atoms with Crippen molar-refractivity contribution in [1.29, 1.82) is 5.26 Å². The van der Waals surface area contributed by atoms with E-state index in [1.54, 1.807) is 6.20 Å². The second-order valence-corrected chi connectivity index (χ2v) is 7.54. The molecule has 2 heterocycles. The van der Waals surface area contributed by atoms with E-state index in [2.05, 4.69) is 31.7 Å². The number of oxazole rings is 1. The molecule has 1 fully saturated rings. The highest BCUT2D eigenvalue weighted by molar-refractivity contribution is 5.91. The monoisotopic (exact) mass is 396 g/mol. The van der Waals surface area contributed by atoms with Crippen LogP contribution < -0.4 is 10.6 Å². The van der Waals surface area contributed by atoms with Crippen LogP contribution in [0, 0.1) is 18.3 Å². The lowest BCUT2D eigenvalue weighted by Gasteiger charge is -2.11. The molecule has 1 saturated carbocycles. The molecule has 0 bridgehead atoms. The minimum atomic E-state index is 0.388. The standard InChI is InChI=1S/C23H20N6O/c1-14-2-9-18-19(12-14)27-22(26-17-7-3-15(4-8-17)10-11-24)28-21(18)29-23-25-13-20(30-23)16-5-6-16/h2-4,7-9,12-13,16H,5-6,10H2,1H3,(H2,25,26,27,28,29). The van der Waals surface area contributed by atoms with Gasteiger partial charge in [-0.05, 0) is 55.2 Å². The van der Waals surface area contributed by atoms with Crippen molar-refractivity contribution in [3.63, 3.8) is 0 Å². The van der Waals surface area contributed by atoms with Crippen LogP contribution in [0.4, 0.5) is 23.5 Å². The summed E-state index contributed by atoms with van der Waals surface area (Å²) in [6.07, 6.45) is 4.49. The predicted molar refractivity (Wildman–Crippen MR) is 115 cm³/mol. The van der Waals surface area contributed by atoms with E-state index >= 15 is 0 Å². The normalized spacial score (nSPS) is 13.2. The van der Waals surface area contributed by atoms with Crippen LogP contribution in [0.15, 0.2) is 53.1 Å². The van der Waals surface area contributed by atoms with Gasteiger partial charge < -0.3 is 9.73 Å². The molecule has 0 atom stereocenters. The maximum absolute atomic E-state index is 8.83. The summed E-state index contributed by atoms with van der Waals surface area (Å²) >= 11 is 0. The zero-order chi connectivity index (χ0) is 20.5. The van der Waals surface area contributed by atoms with Crippen molar-refractivity contribution < 1.29 is 4.42 Å². The average molecular weight is 396 g/mol. The second kappa shape index (κ2) is 7.48. The summed E-state index contributed by atoms with van der Waals surface area (Å²) < 4.78 is 5.85. The Hall–Kier alpha value is -3.92. The lowest BCUT2D eigenvalue weighted by atomic mass is 10.1. The fraction of sp³-hybridized carbons (Fsp3) is 0.217. The first-order valence-electron chi connectivity index (χ1n) is 9.92. The van der Waals surface area contributed by atoms with Gasteiger partial charge in [0, 0.05) is 17.0 Å². The first-order chi connectivity index (χ1) is 14.7. The molecular weight excluding hydrogens is 376 g/mol. The second-order valence-electron chi connectivity index (χ2n) is 7.54. The molecule has 0 unspecified atom stereocenters. The minimum absolute atomic E-state index is 0.388. The van der Waals surface area contributed by atoms with Crippen LogP contribution in [0.1, 0.15) is 35.6 Å². The van der Waals surface area contributed by atoms with Gasteiger partial charge in [0.25, 0.3) is 0 Å². The number of aromatic nitrogens is 3. The van der Waals surface area contributed by atoms with E-state index in [0.717, 1.165) is 46.3 Å². The Balaban J connectivity index is 1.47. The van der Waals surface area contributed by atoms with Gasteiger partial charge in [0.05, 0.1) is 24.2 Å². The van der Waals surface area contributed by atoms with Crippen molar-refractivity contribution in [1.82, 2.24) is 15.0 Å². The van der Waals surface area contributed by atoms with Gasteiger partial charge in [0.15, 0.2) is 0 Å². The maximum atomic E-state index is 8.83. The molecule has 0 amide bonds. The van der Waals surface area contributed by atoms with Crippen LogP contribution in [0.3, 0.4) is 0 Å². The SMILES string of the molecule is Cc1ccc2c(Nc3ncc(C4CC4)o3)nc(Nc3ccc(CC#N)cc3)nc2c1. The molecule has 0 radical (unpaired) electrons. The Bertz CT molecular complexity index is 1250. The van der Waals surface area contributed by atoms with E-state index in [1.807, 2.05) is 49.4 Å². The molecular formula is C23H20N6O. The minimum Gasteiger partial charge on any atom is -0.428 e. The van der Waals surface area contributed by atoms with Gasteiger partial charge in [-0.3, -0.25) is 5.32 Å². The number of benzene rings is 2. The van der Waals surface area contributed by atoms with E-state index in [1.165, 1.54) is 0 Å². The molecule has 0 aliphatic heterocycles. The van der Waals surface area contributed by atoms with Gasteiger partial charge in [-0.2, -0.15) is 10.2 Å². The first-order valence-corrected chi connectivity index (χ1v) is 9.92. The smallest absolute Gasteiger partial charge is 0.300 e. The number of nitrogens with zero attached hydrogens (tertiary/aromatic N) is 4. The summed E-state index contributed by atoms with van der Waals surface area (Å²) in [5.74, 6) is 2.52. The molecule has 1 aliphatic carbocycles. The molecule has 148 valence electrons. The third-order valence-corrected chi connectivity index (χ3v) is 5.07. The van der Waals surface area contributed by atoms with E-state index in [4.69, 9.17) is 9.68 Å². The third kappa shape index (κ3) is 3.80. The molecule has 1 aliphatic rings. The number of fused-ring (bicyclic) bond motifs is 1. The highest BCUT2D eigenvalue weighted by Gasteiger charge is 2.27. The fourth-order valence-corrected chi connectivity index (χ4v) is 3.32. The molecule has 5 rings (SSSR count). The van der Waals surface area contributed by atoms with Gasteiger partial charge in [0.2, 0.25) is 5.95 Å². The number of nitriles is 1. The molecule has 0 spiro atoms. The molecule has 2 aromatic carbocycles. The van der Waals surface area contributed by atoms with Gasteiger partial charge in [-0.1, -0.05) is 18.2 Å². The molecule has 2 aromatic heterocycles. The van der Waals surface area contributed by atoms with Crippen molar-refractivity contribution in [3.8, 4) is 6.07 Å². The van der Waals surface area contributed by atoms with Crippen LogP contribution >= 0.6 is 0 Å². The molecule has 0 saturated heterocycles. The van der Waals surface area contributed by atoms with Crippen LogP contribution in [0.5, 0.6) is 0 Å². The van der Waals surface area contributed by atoms with Crippen LogP contribution in [0.2, 0.25) is 0 Å². The van der Waals surface area contributed by atoms with Gasteiger partial charge in [-0.25, -0.2) is 9.97 Å². The average Bonchev–Trinajstić information content (AvgIpc) is 3.48.